The summed E-state index contributed by atoms with van der Waals surface area (Å²) in [5.41, 5.74) is 1.93. The molecule has 2 aliphatic heterocycles. The van der Waals surface area contributed by atoms with Crippen molar-refractivity contribution in [3.63, 3.8) is 0 Å². The van der Waals surface area contributed by atoms with Crippen molar-refractivity contribution < 1.29 is 23.5 Å². The van der Waals surface area contributed by atoms with Crippen molar-refractivity contribution in [3.05, 3.63) is 71.0 Å². The second-order valence-electron chi connectivity index (χ2n) is 9.48. The highest BCUT2D eigenvalue weighted by atomic mass is 19.1. The van der Waals surface area contributed by atoms with Crippen LogP contribution >= 0.6 is 0 Å². The Morgan fingerprint density at radius 3 is 2.09 bits per heavy atom. The molecule has 0 radical (unpaired) electrons. The number of hydrogen-bond donors (Lipinski definition) is 1. The number of hydrogen-bond acceptors (Lipinski definition) is 4. The van der Waals surface area contributed by atoms with Gasteiger partial charge in [0, 0.05) is 43.9 Å². The van der Waals surface area contributed by atoms with Gasteiger partial charge < -0.3 is 19.9 Å². The second-order valence-corrected chi connectivity index (χ2v) is 9.48. The fourth-order valence-corrected chi connectivity index (χ4v) is 4.78. The fourth-order valence-electron chi connectivity index (χ4n) is 4.78. The van der Waals surface area contributed by atoms with Crippen molar-refractivity contribution in [2.45, 2.75) is 45.4 Å². The molecule has 7 nitrogen and oxygen atoms in total. The topological polar surface area (TPSA) is 79.0 Å². The number of ether oxygens (including phenoxy) is 1. The van der Waals surface area contributed by atoms with Crippen LogP contribution in [-0.4, -0.2) is 65.9 Å². The highest BCUT2D eigenvalue weighted by molar-refractivity contribution is 5.95. The van der Waals surface area contributed by atoms with E-state index < -0.39 is 0 Å². The van der Waals surface area contributed by atoms with Crippen molar-refractivity contribution in [3.8, 4) is 0 Å². The quantitative estimate of drug-likeness (QED) is 0.711. The van der Waals surface area contributed by atoms with Crippen LogP contribution in [-0.2, 0) is 16.1 Å². The first-order valence-corrected chi connectivity index (χ1v) is 12.2. The molecular weight excluding hydrogens is 449 g/mol. The van der Waals surface area contributed by atoms with Gasteiger partial charge in [-0.1, -0.05) is 12.1 Å². The number of nitrogens with zero attached hydrogens (tertiary/aromatic N) is 2. The lowest BCUT2D eigenvalue weighted by Gasteiger charge is -2.35. The van der Waals surface area contributed by atoms with Gasteiger partial charge in [0.2, 0.25) is 5.91 Å². The van der Waals surface area contributed by atoms with Gasteiger partial charge in [-0.05, 0) is 68.7 Å². The Morgan fingerprint density at radius 2 is 1.46 bits per heavy atom. The van der Waals surface area contributed by atoms with Gasteiger partial charge in [0.25, 0.3) is 11.8 Å². The van der Waals surface area contributed by atoms with E-state index in [9.17, 15) is 18.8 Å². The average molecular weight is 482 g/mol. The van der Waals surface area contributed by atoms with Gasteiger partial charge in [-0.3, -0.25) is 14.4 Å². The summed E-state index contributed by atoms with van der Waals surface area (Å²) in [5.74, 6) is -0.986. The third-order valence-corrected chi connectivity index (χ3v) is 6.55. The van der Waals surface area contributed by atoms with Gasteiger partial charge in [-0.25, -0.2) is 4.39 Å². The smallest absolute Gasteiger partial charge is 0.254 e. The molecule has 2 saturated heterocycles. The van der Waals surface area contributed by atoms with Gasteiger partial charge in [0.05, 0.1) is 18.1 Å². The lowest BCUT2D eigenvalue weighted by atomic mass is 9.96. The summed E-state index contributed by atoms with van der Waals surface area (Å²) in [4.78, 5) is 41.8. The molecule has 0 aromatic heterocycles. The van der Waals surface area contributed by atoms with Crippen molar-refractivity contribution in [1.29, 1.82) is 0 Å². The van der Waals surface area contributed by atoms with Gasteiger partial charge in [0.1, 0.15) is 5.82 Å². The number of nitrogens with one attached hydrogen (secondary N) is 1. The minimum Gasteiger partial charge on any atom is -0.372 e. The molecule has 3 unspecified atom stereocenters. The minimum atomic E-state index is -0.389. The standard InChI is InChI=1S/C27H32FN3O4/c1-18-15-31(16-19(2)35-18)27(34)21-7-5-20(6-8-21)14-29-25(32)23-4-3-13-30(17-23)26(33)22-9-11-24(28)12-10-22/h5-12,18-19,23H,3-4,13-17H2,1-2H3,(H,29,32). The monoisotopic (exact) mass is 481 g/mol. The van der Waals surface area contributed by atoms with E-state index in [0.717, 1.165) is 12.0 Å². The normalized spacial score (nSPS) is 22.5. The molecule has 0 saturated carbocycles. The molecule has 3 atom stereocenters. The zero-order valence-corrected chi connectivity index (χ0v) is 20.2. The summed E-state index contributed by atoms with van der Waals surface area (Å²) in [6.45, 7) is 6.34. The predicted octanol–water partition coefficient (Wildman–Crippen LogP) is 3.24. The third kappa shape index (κ3) is 6.25. The molecule has 8 heteroatoms. The molecule has 0 spiro atoms. The maximum Gasteiger partial charge on any atom is 0.254 e. The summed E-state index contributed by atoms with van der Waals surface area (Å²) in [6, 6.07) is 12.8. The summed E-state index contributed by atoms with van der Waals surface area (Å²) >= 11 is 0. The zero-order valence-electron chi connectivity index (χ0n) is 20.2. The van der Waals surface area contributed by atoms with Crippen molar-refractivity contribution in [2.24, 2.45) is 5.92 Å². The number of carbonyl (C=O) groups is 3. The first kappa shape index (κ1) is 24.9. The van der Waals surface area contributed by atoms with E-state index in [1.807, 2.05) is 30.9 Å². The number of benzene rings is 2. The van der Waals surface area contributed by atoms with Crippen molar-refractivity contribution >= 4 is 17.7 Å². The first-order valence-electron chi connectivity index (χ1n) is 12.2. The lowest BCUT2D eigenvalue weighted by Crippen LogP contribution is -2.48. The van der Waals surface area contributed by atoms with E-state index in [2.05, 4.69) is 5.32 Å². The Bertz CT molecular complexity index is 1050. The Kier molecular flexibility index (Phi) is 7.80. The SMILES string of the molecule is CC1CN(C(=O)c2ccc(CNC(=O)C3CCCN(C(=O)c4ccc(F)cc4)C3)cc2)CC(C)O1. The molecule has 1 N–H and O–H groups in total. The highest BCUT2D eigenvalue weighted by Crippen LogP contribution is 2.20. The summed E-state index contributed by atoms with van der Waals surface area (Å²) in [6.07, 6.45) is 1.47. The lowest BCUT2D eigenvalue weighted by molar-refractivity contribution is -0.126. The largest absolute Gasteiger partial charge is 0.372 e. The molecule has 2 aromatic rings. The van der Waals surface area contributed by atoms with E-state index >= 15 is 0 Å². The predicted molar refractivity (Wildman–Crippen MR) is 129 cm³/mol. The van der Waals surface area contributed by atoms with Crippen LogP contribution in [0.1, 0.15) is 53.0 Å². The Labute approximate surface area is 205 Å². The van der Waals surface area contributed by atoms with Crippen molar-refractivity contribution in [1.82, 2.24) is 15.1 Å². The molecule has 4 rings (SSSR count). The first-order chi connectivity index (χ1) is 16.8. The minimum absolute atomic E-state index is 0.0129. The van der Waals surface area contributed by atoms with Crippen LogP contribution in [0.5, 0.6) is 0 Å². The van der Waals surface area contributed by atoms with Crippen LogP contribution in [0.25, 0.3) is 0 Å². The molecule has 2 aliphatic rings. The molecule has 3 amide bonds. The maximum absolute atomic E-state index is 13.2. The third-order valence-electron chi connectivity index (χ3n) is 6.55. The van der Waals surface area contributed by atoms with Crippen LogP contribution in [0.15, 0.2) is 48.5 Å². The number of likely N-dealkylation sites (tertiary alicyclic amines) is 1. The van der Waals surface area contributed by atoms with Crippen LogP contribution in [0.4, 0.5) is 4.39 Å². The fraction of sp³-hybridized carbons (Fsp3) is 0.444. The number of halogens is 1. The van der Waals surface area contributed by atoms with Crippen molar-refractivity contribution in [2.75, 3.05) is 26.2 Å². The second kappa shape index (κ2) is 11.0. The molecule has 186 valence electrons. The van der Waals surface area contributed by atoms with Crippen LogP contribution in [0.2, 0.25) is 0 Å². The Morgan fingerprint density at radius 1 is 0.886 bits per heavy atom. The maximum atomic E-state index is 13.2. The van der Waals surface area contributed by atoms with Gasteiger partial charge in [-0.2, -0.15) is 0 Å². The molecule has 0 aliphatic carbocycles. The summed E-state index contributed by atoms with van der Waals surface area (Å²) in [7, 11) is 0. The van der Waals surface area contributed by atoms with Crippen LogP contribution < -0.4 is 5.32 Å². The van der Waals surface area contributed by atoms with E-state index in [0.29, 0.717) is 50.3 Å². The molecule has 2 fully saturated rings. The summed E-state index contributed by atoms with van der Waals surface area (Å²) < 4.78 is 18.9. The summed E-state index contributed by atoms with van der Waals surface area (Å²) in [5, 5.41) is 2.96. The molecule has 2 aromatic carbocycles. The average Bonchev–Trinajstić information content (AvgIpc) is 2.86. The van der Waals surface area contributed by atoms with E-state index in [1.54, 1.807) is 17.0 Å². The van der Waals surface area contributed by atoms with Gasteiger partial charge in [-0.15, -0.1) is 0 Å². The van der Waals surface area contributed by atoms with Crippen LogP contribution in [0.3, 0.4) is 0 Å². The molecular formula is C27H32FN3O4. The van der Waals surface area contributed by atoms with Crippen LogP contribution in [0, 0.1) is 11.7 Å². The molecule has 35 heavy (non-hydrogen) atoms. The highest BCUT2D eigenvalue weighted by Gasteiger charge is 2.29. The Hall–Kier alpha value is -3.26. The molecule has 0 bridgehead atoms. The zero-order chi connectivity index (χ0) is 24.9. The van der Waals surface area contributed by atoms with E-state index in [-0.39, 0.29) is 41.7 Å². The van der Waals surface area contributed by atoms with Gasteiger partial charge in [0.15, 0.2) is 0 Å². The number of piperidine rings is 1. The van der Waals surface area contributed by atoms with Gasteiger partial charge >= 0.3 is 0 Å². The number of carbonyl (C=O) groups excluding carboxylic acids is 3. The Balaban J connectivity index is 1.29. The molecule has 2 heterocycles. The van der Waals surface area contributed by atoms with E-state index in [4.69, 9.17) is 4.74 Å². The number of amides is 3. The number of rotatable bonds is 5. The van der Waals surface area contributed by atoms with E-state index in [1.165, 1.54) is 24.3 Å². The number of morpholine rings is 1.